The van der Waals surface area contributed by atoms with Crippen molar-refractivity contribution in [2.45, 2.75) is 68.7 Å². The van der Waals surface area contributed by atoms with Gasteiger partial charge in [-0.05, 0) is 38.1 Å². The molecule has 3 unspecified atom stereocenters. The molecule has 0 spiro atoms. The van der Waals surface area contributed by atoms with Crippen LogP contribution in [0.2, 0.25) is 0 Å². The molecule has 0 aliphatic heterocycles. The molecule has 1 aromatic rings. The Hall–Kier alpha value is -0.610. The Kier molecular flexibility index (Phi) is 6.80. The molecular weight excluding hydrogens is 266 g/mol. The summed E-state index contributed by atoms with van der Waals surface area (Å²) in [5.74, 6) is 0.897. The fourth-order valence-electron chi connectivity index (χ4n) is 3.08. The highest BCUT2D eigenvalue weighted by Crippen LogP contribution is 2.37. The van der Waals surface area contributed by atoms with Gasteiger partial charge in [0.15, 0.2) is 0 Å². The van der Waals surface area contributed by atoms with E-state index in [2.05, 4.69) is 29.1 Å². The van der Waals surface area contributed by atoms with Crippen LogP contribution < -0.4 is 5.32 Å². The van der Waals surface area contributed by atoms with Gasteiger partial charge in [0, 0.05) is 23.7 Å². The van der Waals surface area contributed by atoms with Crippen LogP contribution in [0.3, 0.4) is 0 Å². The molecule has 1 N–H and O–H groups in total. The second-order valence-corrected chi connectivity index (χ2v) is 6.99. The van der Waals surface area contributed by atoms with E-state index in [0.29, 0.717) is 11.3 Å². The molecule has 0 saturated heterocycles. The highest BCUT2D eigenvalue weighted by Gasteiger charge is 2.30. The number of aromatic nitrogens is 2. The Morgan fingerprint density at radius 3 is 2.85 bits per heavy atom. The fourth-order valence-corrected chi connectivity index (χ4v) is 4.40. The van der Waals surface area contributed by atoms with E-state index in [-0.39, 0.29) is 0 Å². The lowest BCUT2D eigenvalue weighted by molar-refractivity contribution is 0.287. The molecule has 0 bridgehead atoms. The van der Waals surface area contributed by atoms with Crippen LogP contribution in [0.1, 0.15) is 52.4 Å². The number of nitrogens with one attached hydrogen (secondary N) is 1. The second kappa shape index (κ2) is 8.63. The maximum Gasteiger partial charge on any atom is 0.115 e. The first kappa shape index (κ1) is 15.8. The molecule has 112 valence electrons. The first-order valence-corrected chi connectivity index (χ1v) is 8.87. The first-order chi connectivity index (χ1) is 9.83. The minimum absolute atomic E-state index is 0.634. The molecule has 1 aliphatic rings. The van der Waals surface area contributed by atoms with Gasteiger partial charge in [-0.1, -0.05) is 38.5 Å². The van der Waals surface area contributed by atoms with Gasteiger partial charge < -0.3 is 5.32 Å². The standard InChI is InChI=1S/C16H27N3S/c1-3-5-13-6-7-14(18-8-4-2)15(11-13)20-16-12-17-9-10-19-16/h9-10,12-15,18H,3-8,11H2,1-2H3. The van der Waals surface area contributed by atoms with Crippen molar-refractivity contribution in [3.05, 3.63) is 18.6 Å². The van der Waals surface area contributed by atoms with E-state index in [1.54, 1.807) is 12.4 Å². The van der Waals surface area contributed by atoms with Crippen LogP contribution in [-0.2, 0) is 0 Å². The molecule has 1 saturated carbocycles. The van der Waals surface area contributed by atoms with Crippen molar-refractivity contribution in [3.63, 3.8) is 0 Å². The van der Waals surface area contributed by atoms with Gasteiger partial charge in [0.05, 0.1) is 6.20 Å². The van der Waals surface area contributed by atoms with Crippen LogP contribution in [0.15, 0.2) is 23.6 Å². The monoisotopic (exact) mass is 293 g/mol. The van der Waals surface area contributed by atoms with E-state index in [1.807, 2.05) is 18.0 Å². The number of rotatable bonds is 7. The number of nitrogens with zero attached hydrogens (tertiary/aromatic N) is 2. The summed E-state index contributed by atoms with van der Waals surface area (Å²) in [4.78, 5) is 8.62. The molecule has 1 aromatic heterocycles. The van der Waals surface area contributed by atoms with Crippen LogP contribution in [0.25, 0.3) is 0 Å². The van der Waals surface area contributed by atoms with Crippen LogP contribution in [-0.4, -0.2) is 27.8 Å². The SMILES string of the molecule is CCCNC1CCC(CCC)CC1Sc1cnccn1. The Morgan fingerprint density at radius 2 is 2.15 bits per heavy atom. The van der Waals surface area contributed by atoms with Crippen molar-refractivity contribution in [1.29, 1.82) is 0 Å². The second-order valence-electron chi connectivity index (χ2n) is 5.73. The summed E-state index contributed by atoms with van der Waals surface area (Å²) in [6, 6.07) is 0.634. The van der Waals surface area contributed by atoms with Crippen molar-refractivity contribution >= 4 is 11.8 Å². The summed E-state index contributed by atoms with van der Waals surface area (Å²) >= 11 is 1.92. The van der Waals surface area contributed by atoms with E-state index in [1.165, 1.54) is 38.5 Å². The third-order valence-electron chi connectivity index (χ3n) is 4.07. The van der Waals surface area contributed by atoms with Gasteiger partial charge in [-0.25, -0.2) is 4.98 Å². The van der Waals surface area contributed by atoms with Crippen LogP contribution >= 0.6 is 11.8 Å². The van der Waals surface area contributed by atoms with E-state index < -0.39 is 0 Å². The largest absolute Gasteiger partial charge is 0.313 e. The first-order valence-electron chi connectivity index (χ1n) is 7.99. The summed E-state index contributed by atoms with van der Waals surface area (Å²) in [6.07, 6.45) is 13.3. The Labute approximate surface area is 127 Å². The number of hydrogen-bond donors (Lipinski definition) is 1. The van der Waals surface area contributed by atoms with Crippen LogP contribution in [0.4, 0.5) is 0 Å². The lowest BCUT2D eigenvalue weighted by Gasteiger charge is -2.36. The molecule has 20 heavy (non-hydrogen) atoms. The zero-order chi connectivity index (χ0) is 14.2. The fraction of sp³-hybridized carbons (Fsp3) is 0.750. The molecule has 0 aromatic carbocycles. The van der Waals surface area contributed by atoms with Crippen molar-refractivity contribution in [2.24, 2.45) is 5.92 Å². The van der Waals surface area contributed by atoms with Crippen LogP contribution in [0, 0.1) is 5.92 Å². The molecule has 3 nitrogen and oxygen atoms in total. The molecule has 1 aliphatic carbocycles. The third-order valence-corrected chi connectivity index (χ3v) is 5.34. The predicted molar refractivity (Wildman–Crippen MR) is 86.0 cm³/mol. The Morgan fingerprint density at radius 1 is 1.25 bits per heavy atom. The summed E-state index contributed by atoms with van der Waals surface area (Å²) < 4.78 is 0. The molecule has 4 heteroatoms. The average Bonchev–Trinajstić information content (AvgIpc) is 2.48. The number of hydrogen-bond acceptors (Lipinski definition) is 4. The summed E-state index contributed by atoms with van der Waals surface area (Å²) in [5.41, 5.74) is 0. The zero-order valence-corrected chi connectivity index (χ0v) is 13.5. The maximum absolute atomic E-state index is 4.43. The van der Waals surface area contributed by atoms with E-state index >= 15 is 0 Å². The van der Waals surface area contributed by atoms with Crippen molar-refractivity contribution in [3.8, 4) is 0 Å². The lowest BCUT2D eigenvalue weighted by atomic mass is 9.83. The average molecular weight is 293 g/mol. The minimum Gasteiger partial charge on any atom is -0.313 e. The summed E-state index contributed by atoms with van der Waals surface area (Å²) in [7, 11) is 0. The smallest absolute Gasteiger partial charge is 0.115 e. The van der Waals surface area contributed by atoms with Gasteiger partial charge in [-0.15, -0.1) is 0 Å². The number of thioether (sulfide) groups is 1. The zero-order valence-electron chi connectivity index (χ0n) is 12.7. The van der Waals surface area contributed by atoms with E-state index in [9.17, 15) is 0 Å². The molecule has 0 amide bonds. The van der Waals surface area contributed by atoms with Gasteiger partial charge in [0.2, 0.25) is 0 Å². The van der Waals surface area contributed by atoms with Crippen molar-refractivity contribution in [2.75, 3.05) is 6.54 Å². The molecule has 3 atom stereocenters. The summed E-state index contributed by atoms with van der Waals surface area (Å²) in [5, 5.41) is 5.44. The van der Waals surface area contributed by atoms with E-state index in [0.717, 1.165) is 17.5 Å². The highest BCUT2D eigenvalue weighted by atomic mass is 32.2. The topological polar surface area (TPSA) is 37.8 Å². The van der Waals surface area contributed by atoms with Gasteiger partial charge in [0.25, 0.3) is 0 Å². The van der Waals surface area contributed by atoms with Crippen molar-refractivity contribution in [1.82, 2.24) is 15.3 Å². The van der Waals surface area contributed by atoms with Gasteiger partial charge in [0.1, 0.15) is 5.03 Å². The van der Waals surface area contributed by atoms with Gasteiger partial charge in [-0.3, -0.25) is 4.98 Å². The summed E-state index contributed by atoms with van der Waals surface area (Å²) in [6.45, 7) is 5.66. The highest BCUT2D eigenvalue weighted by molar-refractivity contribution is 7.99. The molecule has 1 heterocycles. The van der Waals surface area contributed by atoms with Crippen LogP contribution in [0.5, 0.6) is 0 Å². The van der Waals surface area contributed by atoms with Gasteiger partial charge >= 0.3 is 0 Å². The molecular formula is C16H27N3S. The maximum atomic E-state index is 4.43. The van der Waals surface area contributed by atoms with Crippen molar-refractivity contribution < 1.29 is 0 Å². The lowest BCUT2D eigenvalue weighted by Crippen LogP contribution is -2.43. The Balaban J connectivity index is 1.97. The quantitative estimate of drug-likeness (QED) is 0.827. The molecule has 0 radical (unpaired) electrons. The van der Waals surface area contributed by atoms with Gasteiger partial charge in [-0.2, -0.15) is 0 Å². The Bertz CT molecular complexity index is 371. The molecule has 1 fully saturated rings. The normalized spacial score (nSPS) is 26.6. The predicted octanol–water partition coefficient (Wildman–Crippen LogP) is 3.91. The minimum atomic E-state index is 0.634. The molecule has 2 rings (SSSR count). The van der Waals surface area contributed by atoms with E-state index in [4.69, 9.17) is 0 Å². The third kappa shape index (κ3) is 4.74.